The molecular formula is C15H23IN2O. The van der Waals surface area contributed by atoms with Gasteiger partial charge in [0.15, 0.2) is 0 Å². The lowest BCUT2D eigenvalue weighted by atomic mass is 10.1. The molecule has 0 bridgehead atoms. The van der Waals surface area contributed by atoms with Gasteiger partial charge in [-0.2, -0.15) is 0 Å². The van der Waals surface area contributed by atoms with E-state index >= 15 is 0 Å². The highest BCUT2D eigenvalue weighted by Crippen LogP contribution is 2.10. The minimum atomic E-state index is 0.167. The first-order chi connectivity index (χ1) is 9.22. The molecule has 0 aliphatic heterocycles. The van der Waals surface area contributed by atoms with E-state index in [2.05, 4.69) is 64.4 Å². The van der Waals surface area contributed by atoms with Crippen LogP contribution in [-0.4, -0.2) is 25.5 Å². The largest absolute Gasteiger partial charge is 0.355 e. The van der Waals surface area contributed by atoms with Crippen LogP contribution in [0.25, 0.3) is 0 Å². The van der Waals surface area contributed by atoms with Crippen LogP contribution in [0.4, 0.5) is 0 Å². The zero-order valence-corrected chi connectivity index (χ0v) is 13.7. The molecule has 0 aliphatic rings. The lowest BCUT2D eigenvalue weighted by Gasteiger charge is -2.05. The van der Waals surface area contributed by atoms with E-state index in [4.69, 9.17) is 0 Å². The van der Waals surface area contributed by atoms with Gasteiger partial charge in [0, 0.05) is 23.1 Å². The molecule has 0 aliphatic carbocycles. The number of amides is 1. The summed E-state index contributed by atoms with van der Waals surface area (Å²) in [5.41, 5.74) is 1.35. The molecule has 0 saturated carbocycles. The van der Waals surface area contributed by atoms with Crippen molar-refractivity contribution >= 4 is 28.5 Å². The second kappa shape index (κ2) is 10.2. The quantitative estimate of drug-likeness (QED) is 0.516. The summed E-state index contributed by atoms with van der Waals surface area (Å²) in [6, 6.07) is 8.59. The number of hydrogen-bond acceptors (Lipinski definition) is 2. The van der Waals surface area contributed by atoms with E-state index in [0.29, 0.717) is 6.42 Å². The molecule has 2 N–H and O–H groups in total. The molecule has 0 unspecified atom stereocenters. The molecule has 3 nitrogen and oxygen atoms in total. The standard InChI is InChI=1S/C15H23IN2O/c1-2-17-11-12-18-15(19)6-4-3-5-13-7-9-14(16)10-8-13/h7-10,17H,2-6,11-12H2,1H3,(H,18,19). The maximum absolute atomic E-state index is 11.5. The average Bonchev–Trinajstić information content (AvgIpc) is 2.42. The van der Waals surface area contributed by atoms with Crippen LogP contribution in [-0.2, 0) is 11.2 Å². The zero-order chi connectivity index (χ0) is 13.9. The Balaban J connectivity index is 2.03. The van der Waals surface area contributed by atoms with Gasteiger partial charge in [0.1, 0.15) is 0 Å². The third-order valence-electron chi connectivity index (χ3n) is 2.91. The lowest BCUT2D eigenvalue weighted by Crippen LogP contribution is -2.31. The number of rotatable bonds is 9. The Morgan fingerprint density at radius 2 is 1.89 bits per heavy atom. The molecule has 19 heavy (non-hydrogen) atoms. The predicted octanol–water partition coefficient (Wildman–Crippen LogP) is 2.73. The van der Waals surface area contributed by atoms with Gasteiger partial charge in [0.25, 0.3) is 0 Å². The van der Waals surface area contributed by atoms with Crippen LogP contribution in [0.15, 0.2) is 24.3 Å². The third kappa shape index (κ3) is 8.21. The average molecular weight is 374 g/mol. The van der Waals surface area contributed by atoms with E-state index < -0.39 is 0 Å². The summed E-state index contributed by atoms with van der Waals surface area (Å²) in [5.74, 6) is 0.167. The number of aryl methyl sites for hydroxylation is 1. The summed E-state index contributed by atoms with van der Waals surface area (Å²) >= 11 is 2.31. The monoisotopic (exact) mass is 374 g/mol. The van der Waals surface area contributed by atoms with Gasteiger partial charge in [-0.3, -0.25) is 4.79 Å². The van der Waals surface area contributed by atoms with Crippen LogP contribution in [0.5, 0.6) is 0 Å². The third-order valence-corrected chi connectivity index (χ3v) is 3.63. The molecule has 0 atom stereocenters. The highest BCUT2D eigenvalue weighted by atomic mass is 127. The summed E-state index contributed by atoms with van der Waals surface area (Å²) in [7, 11) is 0. The fraction of sp³-hybridized carbons (Fsp3) is 0.533. The van der Waals surface area contributed by atoms with Crippen molar-refractivity contribution in [3.05, 3.63) is 33.4 Å². The zero-order valence-electron chi connectivity index (χ0n) is 11.5. The molecule has 0 spiro atoms. The second-order valence-electron chi connectivity index (χ2n) is 4.54. The first-order valence-electron chi connectivity index (χ1n) is 6.94. The first kappa shape index (κ1) is 16.4. The maximum Gasteiger partial charge on any atom is 0.220 e. The van der Waals surface area contributed by atoms with E-state index in [1.165, 1.54) is 9.13 Å². The first-order valence-corrected chi connectivity index (χ1v) is 8.02. The topological polar surface area (TPSA) is 41.1 Å². The summed E-state index contributed by atoms with van der Waals surface area (Å²) in [6.45, 7) is 4.59. The molecule has 1 aromatic carbocycles. The fourth-order valence-electron chi connectivity index (χ4n) is 1.82. The van der Waals surface area contributed by atoms with Crippen molar-refractivity contribution in [2.45, 2.75) is 32.6 Å². The Labute approximate surface area is 129 Å². The molecule has 106 valence electrons. The van der Waals surface area contributed by atoms with Crippen molar-refractivity contribution in [1.29, 1.82) is 0 Å². The summed E-state index contributed by atoms with van der Waals surface area (Å²) in [6.07, 6.45) is 3.72. The van der Waals surface area contributed by atoms with Crippen LogP contribution >= 0.6 is 22.6 Å². The molecule has 1 rings (SSSR count). The van der Waals surface area contributed by atoms with Crippen molar-refractivity contribution in [3.8, 4) is 0 Å². The van der Waals surface area contributed by atoms with E-state index in [-0.39, 0.29) is 5.91 Å². The maximum atomic E-state index is 11.5. The van der Waals surface area contributed by atoms with Crippen molar-refractivity contribution in [2.75, 3.05) is 19.6 Å². The smallest absolute Gasteiger partial charge is 0.220 e. The Morgan fingerprint density at radius 3 is 2.58 bits per heavy atom. The molecule has 4 heteroatoms. The lowest BCUT2D eigenvalue weighted by molar-refractivity contribution is -0.121. The van der Waals surface area contributed by atoms with Crippen LogP contribution in [0.2, 0.25) is 0 Å². The highest BCUT2D eigenvalue weighted by Gasteiger charge is 2.00. The van der Waals surface area contributed by atoms with Crippen LogP contribution in [0.1, 0.15) is 31.7 Å². The van der Waals surface area contributed by atoms with Crippen molar-refractivity contribution in [2.24, 2.45) is 0 Å². The normalized spacial score (nSPS) is 10.4. The van der Waals surface area contributed by atoms with Crippen molar-refractivity contribution in [3.63, 3.8) is 0 Å². The number of unbranched alkanes of at least 4 members (excludes halogenated alkanes) is 1. The molecule has 1 aromatic rings. The van der Waals surface area contributed by atoms with E-state index in [9.17, 15) is 4.79 Å². The SMILES string of the molecule is CCNCCNC(=O)CCCCc1ccc(I)cc1. The minimum Gasteiger partial charge on any atom is -0.355 e. The van der Waals surface area contributed by atoms with Gasteiger partial charge < -0.3 is 10.6 Å². The number of benzene rings is 1. The fourth-order valence-corrected chi connectivity index (χ4v) is 2.18. The van der Waals surface area contributed by atoms with E-state index in [0.717, 1.165) is 38.9 Å². The molecule has 0 aromatic heterocycles. The van der Waals surface area contributed by atoms with Crippen LogP contribution in [0, 0.1) is 3.57 Å². The van der Waals surface area contributed by atoms with Crippen molar-refractivity contribution < 1.29 is 4.79 Å². The molecule has 1 amide bonds. The van der Waals surface area contributed by atoms with Gasteiger partial charge in [-0.05, 0) is 66.1 Å². The second-order valence-corrected chi connectivity index (χ2v) is 5.78. The van der Waals surface area contributed by atoms with Gasteiger partial charge in [-0.1, -0.05) is 19.1 Å². The number of carbonyl (C=O) groups excluding carboxylic acids is 1. The van der Waals surface area contributed by atoms with Crippen molar-refractivity contribution in [1.82, 2.24) is 10.6 Å². The summed E-state index contributed by atoms with van der Waals surface area (Å²) in [4.78, 5) is 11.5. The molecular weight excluding hydrogens is 351 g/mol. The van der Waals surface area contributed by atoms with Gasteiger partial charge in [0.2, 0.25) is 5.91 Å². The van der Waals surface area contributed by atoms with Crippen LogP contribution in [0.3, 0.4) is 0 Å². The minimum absolute atomic E-state index is 0.167. The molecule has 0 radical (unpaired) electrons. The summed E-state index contributed by atoms with van der Waals surface area (Å²) < 4.78 is 1.27. The Kier molecular flexibility index (Phi) is 8.82. The molecule has 0 saturated heterocycles. The van der Waals surface area contributed by atoms with Gasteiger partial charge in [-0.15, -0.1) is 0 Å². The molecule has 0 fully saturated rings. The number of carbonyl (C=O) groups is 1. The molecule has 0 heterocycles. The van der Waals surface area contributed by atoms with Gasteiger partial charge >= 0.3 is 0 Å². The Hall–Kier alpha value is -0.620. The number of hydrogen-bond donors (Lipinski definition) is 2. The van der Waals surface area contributed by atoms with Gasteiger partial charge in [-0.25, -0.2) is 0 Å². The van der Waals surface area contributed by atoms with Gasteiger partial charge in [0.05, 0.1) is 0 Å². The van der Waals surface area contributed by atoms with E-state index in [1.807, 2.05) is 0 Å². The Morgan fingerprint density at radius 1 is 1.16 bits per heavy atom. The Bertz CT molecular complexity index is 365. The highest BCUT2D eigenvalue weighted by molar-refractivity contribution is 14.1. The summed E-state index contributed by atoms with van der Waals surface area (Å²) in [5, 5.41) is 6.10. The number of likely N-dealkylation sites (N-methyl/N-ethyl adjacent to an activating group) is 1. The predicted molar refractivity (Wildman–Crippen MR) is 88.3 cm³/mol. The van der Waals surface area contributed by atoms with Crippen LogP contribution < -0.4 is 10.6 Å². The number of halogens is 1. The number of nitrogens with one attached hydrogen (secondary N) is 2. The van der Waals surface area contributed by atoms with E-state index in [1.54, 1.807) is 0 Å².